The summed E-state index contributed by atoms with van der Waals surface area (Å²) in [6.45, 7) is 5.20. The fourth-order valence-electron chi connectivity index (χ4n) is 0.792. The van der Waals surface area contributed by atoms with Crippen LogP contribution in [0.3, 0.4) is 0 Å². The number of halogens is 1. The molecule has 12 heavy (non-hydrogen) atoms. The number of hydrogen-bond donors (Lipinski definition) is 1. The van der Waals surface area contributed by atoms with E-state index in [-0.39, 0.29) is 12.4 Å². The van der Waals surface area contributed by atoms with Gasteiger partial charge in [-0.1, -0.05) is 0 Å². The molecule has 0 radical (unpaired) electrons. The highest BCUT2D eigenvalue weighted by Gasteiger charge is 2.09. The Balaban J connectivity index is 0. The van der Waals surface area contributed by atoms with E-state index in [4.69, 9.17) is 5.41 Å². The Morgan fingerprint density at radius 2 is 2.00 bits per heavy atom. The predicted molar refractivity (Wildman–Crippen MR) is 54.4 cm³/mol. The molecule has 0 amide bonds. The van der Waals surface area contributed by atoms with Gasteiger partial charge >= 0.3 is 0 Å². The first-order valence-corrected chi connectivity index (χ1v) is 4.02. The van der Waals surface area contributed by atoms with Crippen molar-refractivity contribution in [1.29, 1.82) is 5.41 Å². The standard InChI is InChI=1S/C8H18N3.ClH/c1-4-11(2,3)7-5-6-10-8-9;/h9H,4-7H2,1-3H3;1H/q+1;. The molecule has 72 valence electrons. The number of nitrogens with one attached hydrogen (secondary N) is 1. The largest absolute Gasteiger partial charge is 0.329 e. The molecule has 0 saturated carbocycles. The Morgan fingerprint density at radius 1 is 1.42 bits per heavy atom. The van der Waals surface area contributed by atoms with Gasteiger partial charge in [0.1, 0.15) is 0 Å². The predicted octanol–water partition coefficient (Wildman–Crippen LogP) is 1.65. The van der Waals surface area contributed by atoms with Crippen molar-refractivity contribution in [2.24, 2.45) is 4.99 Å². The molecule has 0 aromatic carbocycles. The molecule has 3 nitrogen and oxygen atoms in total. The molecule has 0 bridgehead atoms. The van der Waals surface area contributed by atoms with Crippen molar-refractivity contribution in [1.82, 2.24) is 0 Å². The molecule has 0 rings (SSSR count). The first kappa shape index (κ1) is 14.2. The van der Waals surface area contributed by atoms with E-state index in [1.807, 2.05) is 6.01 Å². The number of rotatable bonds is 5. The lowest BCUT2D eigenvalue weighted by Gasteiger charge is -2.27. The van der Waals surface area contributed by atoms with Gasteiger partial charge in [0.15, 0.2) is 0 Å². The molecule has 0 unspecified atom stereocenters. The van der Waals surface area contributed by atoms with Crippen LogP contribution < -0.4 is 0 Å². The van der Waals surface area contributed by atoms with Crippen LogP contribution in [0.15, 0.2) is 4.99 Å². The van der Waals surface area contributed by atoms with E-state index >= 15 is 0 Å². The average molecular weight is 193 g/mol. The second-order valence-corrected chi connectivity index (χ2v) is 3.32. The van der Waals surface area contributed by atoms with Gasteiger partial charge < -0.3 is 4.48 Å². The fourth-order valence-corrected chi connectivity index (χ4v) is 0.792. The number of quaternary nitrogens is 1. The summed E-state index contributed by atoms with van der Waals surface area (Å²) in [7, 11) is 4.41. The molecule has 0 aromatic heterocycles. The zero-order valence-electron chi connectivity index (χ0n) is 8.13. The molecule has 0 aromatic rings. The second-order valence-electron chi connectivity index (χ2n) is 3.32. The Kier molecular flexibility index (Phi) is 8.61. The van der Waals surface area contributed by atoms with Gasteiger partial charge in [-0.25, -0.2) is 10.4 Å². The topological polar surface area (TPSA) is 36.2 Å². The summed E-state index contributed by atoms with van der Waals surface area (Å²) in [4.78, 5) is 3.72. The van der Waals surface area contributed by atoms with Crippen LogP contribution in [0.4, 0.5) is 0 Å². The fraction of sp³-hybridized carbons (Fsp3) is 0.875. The molecule has 0 atom stereocenters. The monoisotopic (exact) mass is 192 g/mol. The molecule has 4 heteroatoms. The Bertz CT molecular complexity index is 150. The zero-order valence-corrected chi connectivity index (χ0v) is 8.95. The summed E-state index contributed by atoms with van der Waals surface area (Å²) < 4.78 is 1.04. The first-order valence-electron chi connectivity index (χ1n) is 4.02. The molecular formula is C8H19ClN3+. The SMILES string of the molecule is CC[N+](C)(C)CCCN=C=N.Cl. The summed E-state index contributed by atoms with van der Waals surface area (Å²) in [6, 6.07) is 2.04. The maximum absolute atomic E-state index is 6.56. The molecule has 0 saturated heterocycles. The van der Waals surface area contributed by atoms with Gasteiger partial charge in [-0.05, 0) is 6.92 Å². The average Bonchev–Trinajstić information content (AvgIpc) is 1.99. The van der Waals surface area contributed by atoms with E-state index in [9.17, 15) is 0 Å². The molecule has 0 aliphatic carbocycles. The van der Waals surface area contributed by atoms with Crippen LogP contribution in [0.25, 0.3) is 0 Å². The number of hydrogen-bond acceptors (Lipinski definition) is 2. The second kappa shape index (κ2) is 7.29. The lowest BCUT2D eigenvalue weighted by atomic mass is 10.3. The Morgan fingerprint density at radius 3 is 2.42 bits per heavy atom. The van der Waals surface area contributed by atoms with Crippen molar-refractivity contribution in [2.45, 2.75) is 13.3 Å². The van der Waals surface area contributed by atoms with Crippen molar-refractivity contribution in [3.05, 3.63) is 0 Å². The quantitative estimate of drug-likeness (QED) is 0.391. The van der Waals surface area contributed by atoms with Crippen LogP contribution in [-0.4, -0.2) is 44.2 Å². The smallest absolute Gasteiger partial charge is 0.0861 e. The first-order chi connectivity index (χ1) is 5.12. The van der Waals surface area contributed by atoms with Crippen LogP contribution in [-0.2, 0) is 0 Å². The third-order valence-electron chi connectivity index (χ3n) is 1.97. The van der Waals surface area contributed by atoms with Gasteiger partial charge in [0, 0.05) is 6.42 Å². The zero-order chi connectivity index (χ0) is 8.74. The summed E-state index contributed by atoms with van der Waals surface area (Å²) in [5.74, 6) is 0. The van der Waals surface area contributed by atoms with Crippen LogP contribution in [0, 0.1) is 5.41 Å². The van der Waals surface area contributed by atoms with E-state index in [1.165, 1.54) is 0 Å². The van der Waals surface area contributed by atoms with Gasteiger partial charge in [-0.2, -0.15) is 0 Å². The highest BCUT2D eigenvalue weighted by atomic mass is 35.5. The maximum atomic E-state index is 6.56. The van der Waals surface area contributed by atoms with Gasteiger partial charge in [-0.3, -0.25) is 0 Å². The third-order valence-corrected chi connectivity index (χ3v) is 1.97. The van der Waals surface area contributed by atoms with Gasteiger partial charge in [0.05, 0.1) is 39.7 Å². The minimum Gasteiger partial charge on any atom is -0.329 e. The van der Waals surface area contributed by atoms with E-state index in [0.717, 1.165) is 30.5 Å². The normalized spacial score (nSPS) is 9.92. The third kappa shape index (κ3) is 7.73. The van der Waals surface area contributed by atoms with Gasteiger partial charge in [0.25, 0.3) is 0 Å². The van der Waals surface area contributed by atoms with Gasteiger partial charge in [0.2, 0.25) is 0 Å². The molecule has 0 spiro atoms. The van der Waals surface area contributed by atoms with E-state index in [0.29, 0.717) is 0 Å². The van der Waals surface area contributed by atoms with E-state index < -0.39 is 0 Å². The van der Waals surface area contributed by atoms with Crippen LogP contribution in [0.2, 0.25) is 0 Å². The maximum Gasteiger partial charge on any atom is 0.0861 e. The molecule has 0 aliphatic heterocycles. The lowest BCUT2D eigenvalue weighted by molar-refractivity contribution is -0.888. The van der Waals surface area contributed by atoms with Crippen LogP contribution >= 0.6 is 12.4 Å². The lowest BCUT2D eigenvalue weighted by Crippen LogP contribution is -2.40. The summed E-state index contributed by atoms with van der Waals surface area (Å²) in [5, 5.41) is 6.56. The van der Waals surface area contributed by atoms with Crippen molar-refractivity contribution in [3.8, 4) is 0 Å². The van der Waals surface area contributed by atoms with Crippen molar-refractivity contribution in [2.75, 3.05) is 33.7 Å². The van der Waals surface area contributed by atoms with Crippen molar-refractivity contribution < 1.29 is 4.48 Å². The molecule has 0 heterocycles. The number of nitrogens with zero attached hydrogens (tertiary/aromatic N) is 2. The highest BCUT2D eigenvalue weighted by molar-refractivity contribution is 5.85. The molecule has 0 aliphatic rings. The molecule has 0 fully saturated rings. The minimum atomic E-state index is 0. The van der Waals surface area contributed by atoms with Gasteiger partial charge in [-0.15, -0.1) is 12.4 Å². The Hall–Kier alpha value is -0.370. The summed E-state index contributed by atoms with van der Waals surface area (Å²) >= 11 is 0. The van der Waals surface area contributed by atoms with E-state index in [2.05, 4.69) is 26.0 Å². The van der Waals surface area contributed by atoms with Crippen LogP contribution in [0.1, 0.15) is 13.3 Å². The minimum absolute atomic E-state index is 0. The van der Waals surface area contributed by atoms with Crippen molar-refractivity contribution in [3.63, 3.8) is 0 Å². The number of aliphatic imine (C=N–C) groups is 1. The van der Waals surface area contributed by atoms with Crippen molar-refractivity contribution >= 4 is 18.4 Å². The van der Waals surface area contributed by atoms with E-state index in [1.54, 1.807) is 0 Å². The molecule has 1 N–H and O–H groups in total. The van der Waals surface area contributed by atoms with Crippen LogP contribution in [0.5, 0.6) is 0 Å². The summed E-state index contributed by atoms with van der Waals surface area (Å²) in [5.41, 5.74) is 0. The Labute approximate surface area is 81.0 Å². The molecular weight excluding hydrogens is 174 g/mol. The highest BCUT2D eigenvalue weighted by Crippen LogP contribution is 1.97. The summed E-state index contributed by atoms with van der Waals surface area (Å²) in [6.07, 6.45) is 1.05.